The topological polar surface area (TPSA) is 53.0 Å². The van der Waals surface area contributed by atoms with Gasteiger partial charge in [-0.1, -0.05) is 19.9 Å². The SMILES string of the molecule is Cc1ccc(N(C)CCC(N)C(C)C)c(C#N)c1. The lowest BCUT2D eigenvalue weighted by Gasteiger charge is -2.24. The smallest absolute Gasteiger partial charge is 0.101 e. The van der Waals surface area contributed by atoms with Crippen molar-refractivity contribution >= 4 is 5.69 Å². The maximum absolute atomic E-state index is 9.16. The van der Waals surface area contributed by atoms with Gasteiger partial charge in [-0.15, -0.1) is 0 Å². The molecule has 2 N–H and O–H groups in total. The molecular formula is C15H23N3. The van der Waals surface area contributed by atoms with E-state index in [0.717, 1.165) is 29.8 Å². The molecule has 1 aromatic rings. The second-order valence-corrected chi connectivity index (χ2v) is 5.25. The summed E-state index contributed by atoms with van der Waals surface area (Å²) in [7, 11) is 2.01. The second-order valence-electron chi connectivity index (χ2n) is 5.25. The summed E-state index contributed by atoms with van der Waals surface area (Å²) >= 11 is 0. The molecule has 1 atom stereocenters. The largest absolute Gasteiger partial charge is 0.373 e. The van der Waals surface area contributed by atoms with E-state index in [1.165, 1.54) is 0 Å². The van der Waals surface area contributed by atoms with Gasteiger partial charge in [-0.2, -0.15) is 5.26 Å². The highest BCUT2D eigenvalue weighted by molar-refractivity contribution is 5.59. The van der Waals surface area contributed by atoms with Crippen LogP contribution in [0.4, 0.5) is 5.69 Å². The number of benzene rings is 1. The van der Waals surface area contributed by atoms with Crippen molar-refractivity contribution in [1.82, 2.24) is 0 Å². The van der Waals surface area contributed by atoms with Crippen LogP contribution in [0.5, 0.6) is 0 Å². The fraction of sp³-hybridized carbons (Fsp3) is 0.533. The zero-order chi connectivity index (χ0) is 13.7. The molecule has 0 aliphatic heterocycles. The minimum absolute atomic E-state index is 0.212. The Bertz CT molecular complexity index is 432. The normalized spacial score (nSPS) is 12.3. The van der Waals surface area contributed by atoms with E-state index >= 15 is 0 Å². The molecule has 3 nitrogen and oxygen atoms in total. The molecule has 0 saturated carbocycles. The van der Waals surface area contributed by atoms with Gasteiger partial charge in [0.05, 0.1) is 11.3 Å². The molecule has 1 rings (SSSR count). The fourth-order valence-corrected chi connectivity index (χ4v) is 1.87. The third kappa shape index (κ3) is 3.75. The van der Waals surface area contributed by atoms with Crippen molar-refractivity contribution in [3.8, 4) is 6.07 Å². The monoisotopic (exact) mass is 245 g/mol. The van der Waals surface area contributed by atoms with E-state index in [-0.39, 0.29) is 6.04 Å². The second kappa shape index (κ2) is 6.42. The Balaban J connectivity index is 2.73. The Morgan fingerprint density at radius 2 is 2.06 bits per heavy atom. The number of nitriles is 1. The van der Waals surface area contributed by atoms with E-state index in [0.29, 0.717) is 5.92 Å². The first kappa shape index (κ1) is 14.5. The zero-order valence-electron chi connectivity index (χ0n) is 11.8. The van der Waals surface area contributed by atoms with Crippen LogP contribution in [0.25, 0.3) is 0 Å². The first-order valence-electron chi connectivity index (χ1n) is 6.43. The fourth-order valence-electron chi connectivity index (χ4n) is 1.87. The number of aryl methyl sites for hydroxylation is 1. The van der Waals surface area contributed by atoms with Gasteiger partial charge in [-0.05, 0) is 37.0 Å². The Morgan fingerprint density at radius 1 is 1.39 bits per heavy atom. The Morgan fingerprint density at radius 3 is 2.61 bits per heavy atom. The Kier molecular flexibility index (Phi) is 5.18. The molecule has 0 aliphatic carbocycles. The van der Waals surface area contributed by atoms with E-state index < -0.39 is 0 Å². The molecular weight excluding hydrogens is 222 g/mol. The van der Waals surface area contributed by atoms with Crippen LogP contribution < -0.4 is 10.6 Å². The van der Waals surface area contributed by atoms with Gasteiger partial charge < -0.3 is 10.6 Å². The van der Waals surface area contributed by atoms with Gasteiger partial charge in [0.1, 0.15) is 6.07 Å². The van der Waals surface area contributed by atoms with E-state index in [4.69, 9.17) is 11.0 Å². The molecule has 3 heteroatoms. The van der Waals surface area contributed by atoms with E-state index in [2.05, 4.69) is 24.8 Å². The van der Waals surface area contributed by atoms with Crippen LogP contribution in [0.2, 0.25) is 0 Å². The molecule has 1 unspecified atom stereocenters. The first-order valence-corrected chi connectivity index (χ1v) is 6.43. The molecule has 98 valence electrons. The first-order chi connectivity index (χ1) is 8.45. The highest BCUT2D eigenvalue weighted by Crippen LogP contribution is 2.20. The van der Waals surface area contributed by atoms with Gasteiger partial charge in [0.2, 0.25) is 0 Å². The van der Waals surface area contributed by atoms with Crippen LogP contribution >= 0.6 is 0 Å². The third-order valence-electron chi connectivity index (χ3n) is 3.34. The highest BCUT2D eigenvalue weighted by Gasteiger charge is 2.11. The summed E-state index contributed by atoms with van der Waals surface area (Å²) < 4.78 is 0. The summed E-state index contributed by atoms with van der Waals surface area (Å²) in [5, 5.41) is 9.16. The number of anilines is 1. The molecule has 0 bridgehead atoms. The maximum Gasteiger partial charge on any atom is 0.101 e. The van der Waals surface area contributed by atoms with Crippen molar-refractivity contribution in [3.63, 3.8) is 0 Å². The molecule has 0 saturated heterocycles. The molecule has 0 spiro atoms. The molecule has 0 radical (unpaired) electrons. The number of nitrogens with two attached hydrogens (primary N) is 1. The lowest BCUT2D eigenvalue weighted by molar-refractivity contribution is 0.466. The summed E-state index contributed by atoms with van der Waals surface area (Å²) in [6.45, 7) is 7.14. The van der Waals surface area contributed by atoms with E-state index in [1.54, 1.807) is 0 Å². The van der Waals surface area contributed by atoms with Crippen LogP contribution in [-0.4, -0.2) is 19.6 Å². The van der Waals surface area contributed by atoms with Crippen LogP contribution in [0.1, 0.15) is 31.4 Å². The number of hydrogen-bond acceptors (Lipinski definition) is 3. The van der Waals surface area contributed by atoms with Crippen molar-refractivity contribution in [2.24, 2.45) is 11.7 Å². The number of rotatable bonds is 5. The van der Waals surface area contributed by atoms with Gasteiger partial charge in [0.15, 0.2) is 0 Å². The third-order valence-corrected chi connectivity index (χ3v) is 3.34. The molecule has 0 heterocycles. The Labute approximate surface area is 110 Å². The minimum atomic E-state index is 0.212. The molecule has 0 aliphatic rings. The number of nitrogens with zero attached hydrogens (tertiary/aromatic N) is 2. The molecule has 0 fully saturated rings. The lowest BCUT2D eigenvalue weighted by Crippen LogP contribution is -2.32. The predicted octanol–water partition coefficient (Wildman–Crippen LogP) is 2.68. The van der Waals surface area contributed by atoms with Gasteiger partial charge in [0.25, 0.3) is 0 Å². The molecule has 0 aromatic heterocycles. The van der Waals surface area contributed by atoms with Crippen molar-refractivity contribution in [2.75, 3.05) is 18.5 Å². The number of hydrogen-bond donors (Lipinski definition) is 1. The van der Waals surface area contributed by atoms with Crippen LogP contribution in [0.15, 0.2) is 18.2 Å². The average Bonchev–Trinajstić information content (AvgIpc) is 2.34. The van der Waals surface area contributed by atoms with Gasteiger partial charge in [-0.3, -0.25) is 0 Å². The van der Waals surface area contributed by atoms with Crippen LogP contribution in [0, 0.1) is 24.2 Å². The average molecular weight is 245 g/mol. The lowest BCUT2D eigenvalue weighted by atomic mass is 10.0. The van der Waals surface area contributed by atoms with E-state index in [1.807, 2.05) is 32.2 Å². The van der Waals surface area contributed by atoms with Gasteiger partial charge >= 0.3 is 0 Å². The maximum atomic E-state index is 9.16. The zero-order valence-corrected chi connectivity index (χ0v) is 11.8. The molecule has 18 heavy (non-hydrogen) atoms. The van der Waals surface area contributed by atoms with Crippen LogP contribution in [-0.2, 0) is 0 Å². The quantitative estimate of drug-likeness (QED) is 0.867. The summed E-state index contributed by atoms with van der Waals surface area (Å²) in [6.07, 6.45) is 0.937. The summed E-state index contributed by atoms with van der Waals surface area (Å²) in [5.41, 5.74) is 8.88. The summed E-state index contributed by atoms with van der Waals surface area (Å²) in [6, 6.07) is 8.44. The minimum Gasteiger partial charge on any atom is -0.373 e. The van der Waals surface area contributed by atoms with Crippen molar-refractivity contribution in [2.45, 2.75) is 33.2 Å². The van der Waals surface area contributed by atoms with Crippen molar-refractivity contribution < 1.29 is 0 Å². The highest BCUT2D eigenvalue weighted by atomic mass is 15.1. The summed E-state index contributed by atoms with van der Waals surface area (Å²) in [4.78, 5) is 2.11. The molecule has 0 amide bonds. The Hall–Kier alpha value is -1.53. The van der Waals surface area contributed by atoms with E-state index in [9.17, 15) is 0 Å². The van der Waals surface area contributed by atoms with Gasteiger partial charge in [-0.25, -0.2) is 0 Å². The van der Waals surface area contributed by atoms with Gasteiger partial charge in [0, 0.05) is 19.6 Å². The predicted molar refractivity (Wildman–Crippen MR) is 76.6 cm³/mol. The summed E-state index contributed by atoms with van der Waals surface area (Å²) in [5.74, 6) is 0.492. The van der Waals surface area contributed by atoms with Crippen molar-refractivity contribution in [3.05, 3.63) is 29.3 Å². The van der Waals surface area contributed by atoms with Crippen molar-refractivity contribution in [1.29, 1.82) is 5.26 Å². The molecule has 1 aromatic carbocycles. The van der Waals surface area contributed by atoms with Crippen LogP contribution in [0.3, 0.4) is 0 Å². The standard InChI is InChI=1S/C15H23N3/c1-11(2)14(17)7-8-18(4)15-6-5-12(3)9-13(15)10-16/h5-6,9,11,14H,7-8,17H2,1-4H3.